The van der Waals surface area contributed by atoms with Crippen molar-refractivity contribution in [3.8, 4) is 0 Å². The molecule has 17 heavy (non-hydrogen) atoms. The van der Waals surface area contributed by atoms with Gasteiger partial charge in [-0.1, -0.05) is 16.8 Å². The van der Waals surface area contributed by atoms with E-state index < -0.39 is 24.5 Å². The quantitative estimate of drug-likeness (QED) is 0.380. The van der Waals surface area contributed by atoms with Crippen molar-refractivity contribution in [2.45, 2.75) is 19.6 Å². The summed E-state index contributed by atoms with van der Waals surface area (Å²) in [4.78, 5) is 0. The maximum absolute atomic E-state index is 12.6. The third-order valence-electron chi connectivity index (χ3n) is 2.12. The summed E-state index contributed by atoms with van der Waals surface area (Å²) < 4.78 is 38.8. The van der Waals surface area contributed by atoms with E-state index in [9.17, 15) is 13.2 Å². The summed E-state index contributed by atoms with van der Waals surface area (Å²) in [6, 6.07) is 0. The van der Waals surface area contributed by atoms with E-state index in [4.69, 9.17) is 22.5 Å². The second-order valence-electron chi connectivity index (χ2n) is 3.40. The molecule has 1 rings (SSSR count). The van der Waals surface area contributed by atoms with Gasteiger partial charge in [0, 0.05) is 6.20 Å². The van der Waals surface area contributed by atoms with E-state index in [-0.39, 0.29) is 5.02 Å². The topological polar surface area (TPSA) is 76.4 Å². The Kier molecular flexibility index (Phi) is 3.87. The Hall–Kier alpha value is -1.44. The number of halogens is 4. The van der Waals surface area contributed by atoms with Crippen molar-refractivity contribution in [3.05, 3.63) is 16.9 Å². The van der Waals surface area contributed by atoms with Gasteiger partial charge in [-0.3, -0.25) is 4.68 Å². The second-order valence-corrected chi connectivity index (χ2v) is 3.81. The van der Waals surface area contributed by atoms with Crippen molar-refractivity contribution in [1.29, 1.82) is 0 Å². The normalized spacial score (nSPS) is 15.0. The molecule has 3 N–H and O–H groups in total. The maximum Gasteiger partial charge on any atom is 0.400 e. The first-order valence-electron chi connectivity index (χ1n) is 4.49. The number of rotatable bonds is 3. The molecule has 1 aromatic heterocycles. The maximum atomic E-state index is 12.6. The molecular formula is C8H10ClF3N4O. The minimum Gasteiger partial charge on any atom is -0.409 e. The molecule has 5 nitrogen and oxygen atoms in total. The Morgan fingerprint density at radius 1 is 1.71 bits per heavy atom. The largest absolute Gasteiger partial charge is 0.409 e. The summed E-state index contributed by atoms with van der Waals surface area (Å²) in [5, 5.41) is 14.7. The van der Waals surface area contributed by atoms with Gasteiger partial charge in [0.15, 0.2) is 5.84 Å². The molecule has 0 aliphatic carbocycles. The Bertz CT molecular complexity index is 409. The highest BCUT2D eigenvalue weighted by molar-refractivity contribution is 6.31. The predicted molar refractivity (Wildman–Crippen MR) is 54.9 cm³/mol. The van der Waals surface area contributed by atoms with E-state index >= 15 is 0 Å². The third kappa shape index (κ3) is 3.26. The van der Waals surface area contributed by atoms with E-state index in [0.29, 0.717) is 5.69 Å². The number of hydrogen-bond acceptors (Lipinski definition) is 3. The van der Waals surface area contributed by atoms with Crippen molar-refractivity contribution in [2.75, 3.05) is 0 Å². The molecule has 1 atom stereocenters. The molecule has 9 heteroatoms. The lowest BCUT2D eigenvalue weighted by Crippen LogP contribution is -2.39. The van der Waals surface area contributed by atoms with Gasteiger partial charge in [-0.25, -0.2) is 0 Å². The molecule has 0 bridgehead atoms. The zero-order chi connectivity index (χ0) is 13.2. The molecule has 0 saturated heterocycles. The first kappa shape index (κ1) is 13.6. The summed E-state index contributed by atoms with van der Waals surface area (Å²) >= 11 is 5.67. The Morgan fingerprint density at radius 3 is 2.65 bits per heavy atom. The molecule has 0 aliphatic heterocycles. The van der Waals surface area contributed by atoms with Gasteiger partial charge in [-0.05, 0) is 6.92 Å². The first-order chi connectivity index (χ1) is 7.75. The van der Waals surface area contributed by atoms with Gasteiger partial charge >= 0.3 is 6.18 Å². The molecule has 0 aromatic carbocycles. The Morgan fingerprint density at radius 2 is 2.29 bits per heavy atom. The average Bonchev–Trinajstić information content (AvgIpc) is 2.52. The summed E-state index contributed by atoms with van der Waals surface area (Å²) in [5.74, 6) is -3.02. The fourth-order valence-electron chi connectivity index (χ4n) is 1.21. The van der Waals surface area contributed by atoms with E-state index in [1.807, 2.05) is 0 Å². The van der Waals surface area contributed by atoms with Crippen LogP contribution in [-0.2, 0) is 6.54 Å². The number of hydrogen-bond donors (Lipinski definition) is 2. The molecule has 0 spiro atoms. The number of alkyl halides is 3. The molecule has 0 aliphatic rings. The first-order valence-corrected chi connectivity index (χ1v) is 4.87. The average molecular weight is 271 g/mol. The Labute approximate surface area is 99.6 Å². The number of nitrogens with two attached hydrogens (primary N) is 1. The van der Waals surface area contributed by atoms with Gasteiger partial charge in [0.05, 0.1) is 17.3 Å². The van der Waals surface area contributed by atoms with Crippen molar-refractivity contribution >= 4 is 17.4 Å². The van der Waals surface area contributed by atoms with Gasteiger partial charge < -0.3 is 10.9 Å². The van der Waals surface area contributed by atoms with Crippen molar-refractivity contribution in [2.24, 2.45) is 16.8 Å². The van der Waals surface area contributed by atoms with E-state index in [1.165, 1.54) is 6.20 Å². The van der Waals surface area contributed by atoms with Gasteiger partial charge in [0.1, 0.15) is 5.92 Å². The van der Waals surface area contributed by atoms with Gasteiger partial charge in [-0.2, -0.15) is 18.3 Å². The molecule has 0 radical (unpaired) electrons. The fraction of sp³-hybridized carbons (Fsp3) is 0.500. The molecule has 96 valence electrons. The summed E-state index contributed by atoms with van der Waals surface area (Å²) in [6.45, 7) is 0.970. The molecular weight excluding hydrogens is 261 g/mol. The van der Waals surface area contributed by atoms with Crippen molar-refractivity contribution < 1.29 is 18.4 Å². The highest BCUT2D eigenvalue weighted by Gasteiger charge is 2.43. The van der Waals surface area contributed by atoms with Crippen LogP contribution in [0.1, 0.15) is 5.69 Å². The van der Waals surface area contributed by atoms with Crippen LogP contribution in [0.5, 0.6) is 0 Å². The van der Waals surface area contributed by atoms with E-state index in [2.05, 4.69) is 10.3 Å². The van der Waals surface area contributed by atoms with Crippen LogP contribution in [-0.4, -0.2) is 27.0 Å². The lowest BCUT2D eigenvalue weighted by Gasteiger charge is -2.18. The summed E-state index contributed by atoms with van der Waals surface area (Å²) in [5.41, 5.74) is 5.41. The number of aryl methyl sites for hydroxylation is 1. The molecule has 1 unspecified atom stereocenters. The van der Waals surface area contributed by atoms with Crippen LogP contribution in [0.2, 0.25) is 5.02 Å². The second kappa shape index (κ2) is 4.82. The van der Waals surface area contributed by atoms with Gasteiger partial charge in [0.2, 0.25) is 0 Å². The third-order valence-corrected chi connectivity index (χ3v) is 2.49. The fourth-order valence-corrected chi connectivity index (χ4v) is 1.36. The molecule has 1 aromatic rings. The number of aromatic nitrogens is 2. The zero-order valence-electron chi connectivity index (χ0n) is 8.74. The minimum atomic E-state index is -4.62. The highest BCUT2D eigenvalue weighted by atomic mass is 35.5. The van der Waals surface area contributed by atoms with Crippen LogP contribution in [0, 0.1) is 12.8 Å². The van der Waals surface area contributed by atoms with Gasteiger partial charge in [0.25, 0.3) is 0 Å². The predicted octanol–water partition coefficient (Wildman–Crippen LogP) is 1.77. The molecule has 1 heterocycles. The standard InChI is InChI=1S/C8H10ClF3N4O/c1-4-6(9)3-16(14-4)2-5(7(13)15-17)8(10,11)12/h3,5,17H,2H2,1H3,(H2,13,15). The zero-order valence-corrected chi connectivity index (χ0v) is 9.50. The van der Waals surface area contributed by atoms with Crippen LogP contribution in [0.4, 0.5) is 13.2 Å². The van der Waals surface area contributed by atoms with E-state index in [1.54, 1.807) is 6.92 Å². The molecule has 0 saturated carbocycles. The van der Waals surface area contributed by atoms with Crippen LogP contribution in [0.25, 0.3) is 0 Å². The van der Waals surface area contributed by atoms with Crippen molar-refractivity contribution in [1.82, 2.24) is 9.78 Å². The minimum absolute atomic E-state index is 0.255. The monoisotopic (exact) mass is 270 g/mol. The SMILES string of the molecule is Cc1nn(CC(/C(N)=N/O)C(F)(F)F)cc1Cl. The number of oxime groups is 1. The molecule has 0 fully saturated rings. The smallest absolute Gasteiger partial charge is 0.400 e. The van der Waals surface area contributed by atoms with Crippen molar-refractivity contribution in [3.63, 3.8) is 0 Å². The van der Waals surface area contributed by atoms with Crippen LogP contribution in [0.3, 0.4) is 0 Å². The highest BCUT2D eigenvalue weighted by Crippen LogP contribution is 2.28. The summed E-state index contributed by atoms with van der Waals surface area (Å²) in [6.07, 6.45) is -3.37. The number of amidine groups is 1. The van der Waals surface area contributed by atoms with Crippen LogP contribution in [0.15, 0.2) is 11.4 Å². The molecule has 0 amide bonds. The van der Waals surface area contributed by atoms with Crippen LogP contribution >= 0.6 is 11.6 Å². The lowest BCUT2D eigenvalue weighted by molar-refractivity contribution is -0.159. The van der Waals surface area contributed by atoms with Crippen LogP contribution < -0.4 is 5.73 Å². The van der Waals surface area contributed by atoms with Gasteiger partial charge in [-0.15, -0.1) is 0 Å². The summed E-state index contributed by atoms with van der Waals surface area (Å²) in [7, 11) is 0. The lowest BCUT2D eigenvalue weighted by atomic mass is 10.1. The Balaban J connectivity index is 2.95. The van der Waals surface area contributed by atoms with E-state index in [0.717, 1.165) is 4.68 Å². The number of nitrogens with zero attached hydrogens (tertiary/aromatic N) is 3.